The van der Waals surface area contributed by atoms with E-state index in [2.05, 4.69) is 0 Å². The number of carbonyl (C=O) groups is 1. The van der Waals surface area contributed by atoms with Crippen LogP contribution >= 0.6 is 0 Å². The van der Waals surface area contributed by atoms with Crippen molar-refractivity contribution in [3.05, 3.63) is 65.2 Å². The standard InChI is InChI=1S/C20H19NO4/c1-3-24-20(22)17(13-21)11-16-9-10-18(19(12-16)23-2)25-14-15-7-5-4-6-8-15/h4-12H,3,14H2,1-2H3/b17-11-. The summed E-state index contributed by atoms with van der Waals surface area (Å²) in [4.78, 5) is 11.7. The van der Waals surface area contributed by atoms with E-state index in [0.717, 1.165) is 5.56 Å². The predicted molar refractivity (Wildman–Crippen MR) is 94.0 cm³/mol. The minimum atomic E-state index is -0.645. The van der Waals surface area contributed by atoms with E-state index in [1.54, 1.807) is 25.1 Å². The molecular formula is C20H19NO4. The van der Waals surface area contributed by atoms with E-state index in [1.807, 2.05) is 36.4 Å². The topological polar surface area (TPSA) is 68.6 Å². The van der Waals surface area contributed by atoms with Crippen LogP contribution in [0.4, 0.5) is 0 Å². The van der Waals surface area contributed by atoms with E-state index < -0.39 is 5.97 Å². The van der Waals surface area contributed by atoms with Crippen molar-refractivity contribution >= 4 is 12.0 Å². The number of hydrogen-bond acceptors (Lipinski definition) is 5. The molecule has 0 amide bonds. The molecule has 0 unspecified atom stereocenters. The molecule has 0 saturated carbocycles. The summed E-state index contributed by atoms with van der Waals surface area (Å²) in [6, 6.07) is 16.8. The van der Waals surface area contributed by atoms with Gasteiger partial charge in [0.15, 0.2) is 11.5 Å². The zero-order valence-corrected chi connectivity index (χ0v) is 14.2. The Morgan fingerprint density at radius 1 is 1.16 bits per heavy atom. The molecule has 0 aliphatic heterocycles. The molecule has 0 bridgehead atoms. The lowest BCUT2D eigenvalue weighted by molar-refractivity contribution is -0.137. The zero-order chi connectivity index (χ0) is 18.1. The number of ether oxygens (including phenoxy) is 3. The van der Waals surface area contributed by atoms with Crippen LogP contribution in [0.5, 0.6) is 11.5 Å². The summed E-state index contributed by atoms with van der Waals surface area (Å²) in [5.74, 6) is 0.456. The van der Waals surface area contributed by atoms with E-state index in [4.69, 9.17) is 19.5 Å². The maximum absolute atomic E-state index is 11.7. The molecule has 128 valence electrons. The second-order valence-electron chi connectivity index (χ2n) is 5.07. The average molecular weight is 337 g/mol. The molecular weight excluding hydrogens is 318 g/mol. The van der Waals surface area contributed by atoms with Crippen LogP contribution in [-0.2, 0) is 16.1 Å². The molecule has 25 heavy (non-hydrogen) atoms. The number of nitrogens with zero attached hydrogens (tertiary/aromatic N) is 1. The minimum absolute atomic E-state index is 0.0677. The van der Waals surface area contributed by atoms with Crippen molar-refractivity contribution in [2.45, 2.75) is 13.5 Å². The Morgan fingerprint density at radius 2 is 1.92 bits per heavy atom. The van der Waals surface area contributed by atoms with Crippen LogP contribution in [-0.4, -0.2) is 19.7 Å². The highest BCUT2D eigenvalue weighted by Crippen LogP contribution is 2.29. The molecule has 0 atom stereocenters. The quantitative estimate of drug-likeness (QED) is 0.437. The van der Waals surface area contributed by atoms with Gasteiger partial charge in [-0.2, -0.15) is 5.26 Å². The van der Waals surface area contributed by atoms with E-state index in [0.29, 0.717) is 23.7 Å². The van der Waals surface area contributed by atoms with Crippen molar-refractivity contribution in [1.82, 2.24) is 0 Å². The van der Waals surface area contributed by atoms with E-state index in [-0.39, 0.29) is 12.2 Å². The minimum Gasteiger partial charge on any atom is -0.493 e. The van der Waals surface area contributed by atoms with Crippen molar-refractivity contribution < 1.29 is 19.0 Å². The van der Waals surface area contributed by atoms with Crippen LogP contribution in [0.1, 0.15) is 18.1 Å². The highest BCUT2D eigenvalue weighted by atomic mass is 16.5. The van der Waals surface area contributed by atoms with E-state index in [9.17, 15) is 4.79 Å². The van der Waals surface area contributed by atoms with Crippen molar-refractivity contribution in [1.29, 1.82) is 5.26 Å². The fourth-order valence-electron chi connectivity index (χ4n) is 2.14. The SMILES string of the molecule is CCOC(=O)/C(C#N)=C\c1ccc(OCc2ccccc2)c(OC)c1. The number of carbonyl (C=O) groups excluding carboxylic acids is 1. The molecule has 0 spiro atoms. The molecule has 0 saturated heterocycles. The monoisotopic (exact) mass is 337 g/mol. The van der Waals surface area contributed by atoms with Crippen molar-refractivity contribution in [3.8, 4) is 17.6 Å². The molecule has 2 aromatic rings. The Labute approximate surface area is 147 Å². The normalized spacial score (nSPS) is 10.7. The molecule has 0 N–H and O–H groups in total. The summed E-state index contributed by atoms with van der Waals surface area (Å²) in [6.45, 7) is 2.32. The summed E-state index contributed by atoms with van der Waals surface area (Å²) in [7, 11) is 1.54. The maximum atomic E-state index is 11.7. The van der Waals surface area contributed by atoms with Gasteiger partial charge in [-0.25, -0.2) is 4.79 Å². The van der Waals surface area contributed by atoms with Crippen LogP contribution in [0.3, 0.4) is 0 Å². The smallest absolute Gasteiger partial charge is 0.348 e. The molecule has 0 fully saturated rings. The summed E-state index contributed by atoms with van der Waals surface area (Å²) in [6.07, 6.45) is 1.46. The van der Waals surface area contributed by atoms with Gasteiger partial charge in [-0.05, 0) is 36.3 Å². The third kappa shape index (κ3) is 5.11. The van der Waals surface area contributed by atoms with Gasteiger partial charge in [0.1, 0.15) is 18.2 Å². The second kappa shape index (κ2) is 9.14. The predicted octanol–water partition coefficient (Wildman–Crippen LogP) is 3.74. The lowest BCUT2D eigenvalue weighted by atomic mass is 10.1. The fourth-order valence-corrected chi connectivity index (χ4v) is 2.14. The van der Waals surface area contributed by atoms with Gasteiger partial charge < -0.3 is 14.2 Å². The van der Waals surface area contributed by atoms with Gasteiger partial charge in [-0.3, -0.25) is 0 Å². The molecule has 2 aromatic carbocycles. The Hall–Kier alpha value is -3.26. The van der Waals surface area contributed by atoms with Gasteiger partial charge in [0.2, 0.25) is 0 Å². The maximum Gasteiger partial charge on any atom is 0.348 e. The summed E-state index contributed by atoms with van der Waals surface area (Å²) >= 11 is 0. The summed E-state index contributed by atoms with van der Waals surface area (Å²) in [5, 5.41) is 9.10. The van der Waals surface area contributed by atoms with Crippen molar-refractivity contribution in [3.63, 3.8) is 0 Å². The lowest BCUT2D eigenvalue weighted by Crippen LogP contribution is -2.06. The molecule has 0 aromatic heterocycles. The molecule has 0 aliphatic carbocycles. The molecule has 2 rings (SSSR count). The fraction of sp³-hybridized carbons (Fsp3) is 0.200. The van der Waals surface area contributed by atoms with Crippen LogP contribution in [0.25, 0.3) is 6.08 Å². The highest BCUT2D eigenvalue weighted by Gasteiger charge is 2.11. The van der Waals surface area contributed by atoms with Crippen LogP contribution in [0.2, 0.25) is 0 Å². The van der Waals surface area contributed by atoms with Gasteiger partial charge in [0.25, 0.3) is 0 Å². The van der Waals surface area contributed by atoms with Gasteiger partial charge in [-0.1, -0.05) is 36.4 Å². The second-order valence-corrected chi connectivity index (χ2v) is 5.07. The first kappa shape index (κ1) is 18.1. The van der Waals surface area contributed by atoms with Crippen molar-refractivity contribution in [2.24, 2.45) is 0 Å². The molecule has 5 heteroatoms. The number of hydrogen-bond donors (Lipinski definition) is 0. The first-order valence-electron chi connectivity index (χ1n) is 7.81. The summed E-state index contributed by atoms with van der Waals surface area (Å²) in [5.41, 5.74) is 1.62. The summed E-state index contributed by atoms with van der Waals surface area (Å²) < 4.78 is 16.0. The van der Waals surface area contributed by atoms with Gasteiger partial charge in [0.05, 0.1) is 13.7 Å². The lowest BCUT2D eigenvalue weighted by Gasteiger charge is -2.11. The largest absolute Gasteiger partial charge is 0.493 e. The Bertz CT molecular complexity index is 791. The van der Waals surface area contributed by atoms with Crippen LogP contribution in [0, 0.1) is 11.3 Å². The van der Waals surface area contributed by atoms with Crippen LogP contribution < -0.4 is 9.47 Å². The molecule has 5 nitrogen and oxygen atoms in total. The number of benzene rings is 2. The Morgan fingerprint density at radius 3 is 2.56 bits per heavy atom. The Balaban J connectivity index is 2.18. The van der Waals surface area contributed by atoms with E-state index in [1.165, 1.54) is 13.2 Å². The first-order chi connectivity index (χ1) is 12.2. The van der Waals surface area contributed by atoms with E-state index >= 15 is 0 Å². The number of nitriles is 1. The third-order valence-corrected chi connectivity index (χ3v) is 3.35. The molecule has 0 aliphatic rings. The van der Waals surface area contributed by atoms with Gasteiger partial charge in [-0.15, -0.1) is 0 Å². The zero-order valence-electron chi connectivity index (χ0n) is 14.2. The number of esters is 1. The molecule has 0 radical (unpaired) electrons. The van der Waals surface area contributed by atoms with Crippen molar-refractivity contribution in [2.75, 3.05) is 13.7 Å². The first-order valence-corrected chi connectivity index (χ1v) is 7.81. The highest BCUT2D eigenvalue weighted by molar-refractivity contribution is 5.97. The van der Waals surface area contributed by atoms with Crippen LogP contribution in [0.15, 0.2) is 54.1 Å². The molecule has 0 heterocycles. The third-order valence-electron chi connectivity index (χ3n) is 3.35. The Kier molecular flexibility index (Phi) is 6.61. The number of methoxy groups -OCH3 is 1. The van der Waals surface area contributed by atoms with Gasteiger partial charge >= 0.3 is 5.97 Å². The number of rotatable bonds is 7. The van der Waals surface area contributed by atoms with Gasteiger partial charge in [0, 0.05) is 0 Å². The average Bonchev–Trinajstić information content (AvgIpc) is 2.65.